The van der Waals surface area contributed by atoms with Crippen LogP contribution in [0, 0.1) is 11.3 Å². The average molecular weight is 547 g/mol. The van der Waals surface area contributed by atoms with Gasteiger partial charge >= 0.3 is 0 Å². The van der Waals surface area contributed by atoms with Crippen molar-refractivity contribution >= 4 is 16.0 Å². The van der Waals surface area contributed by atoms with Gasteiger partial charge < -0.3 is 18.9 Å². The highest BCUT2D eigenvalue weighted by atomic mass is 32.2. The van der Waals surface area contributed by atoms with Gasteiger partial charge in [-0.3, -0.25) is 9.29 Å². The standard InChI is InChI=1S/C25H34N6O6S/c1-15(20(35-5)17-12-25(2,3)13-17)38(32,33)30-24-29-28-21(16-9-8-10-18(11-16)34-4)31(24)19-22(36-6)26-14-27-23(19)37-7/h8-11,14-15,17,20H,12-13H2,1-7H3,(H,29,30)/t15-,20+/m1/s1. The number of hydrogen-bond donors (Lipinski definition) is 1. The maximum atomic E-state index is 13.7. The lowest BCUT2D eigenvalue weighted by Gasteiger charge is -2.47. The van der Waals surface area contributed by atoms with Gasteiger partial charge in [-0.1, -0.05) is 26.0 Å². The monoisotopic (exact) mass is 546 g/mol. The van der Waals surface area contributed by atoms with Crippen molar-refractivity contribution in [3.05, 3.63) is 30.6 Å². The number of ether oxygens (including phenoxy) is 4. The van der Waals surface area contributed by atoms with E-state index in [0.717, 1.165) is 12.8 Å². The summed E-state index contributed by atoms with van der Waals surface area (Å²) in [7, 11) is 2.00. The van der Waals surface area contributed by atoms with Gasteiger partial charge in [-0.2, -0.15) is 9.97 Å². The molecular formula is C25H34N6O6S. The van der Waals surface area contributed by atoms with Gasteiger partial charge in [0.05, 0.1) is 27.4 Å². The van der Waals surface area contributed by atoms with Gasteiger partial charge in [0, 0.05) is 12.7 Å². The minimum absolute atomic E-state index is 0.0788. The van der Waals surface area contributed by atoms with Crippen molar-refractivity contribution in [1.29, 1.82) is 0 Å². The van der Waals surface area contributed by atoms with Gasteiger partial charge in [0.25, 0.3) is 0 Å². The van der Waals surface area contributed by atoms with Gasteiger partial charge in [0.1, 0.15) is 17.3 Å². The number of methoxy groups -OCH3 is 4. The van der Waals surface area contributed by atoms with Crippen LogP contribution in [0.3, 0.4) is 0 Å². The van der Waals surface area contributed by atoms with Crippen molar-refractivity contribution in [1.82, 2.24) is 24.7 Å². The summed E-state index contributed by atoms with van der Waals surface area (Å²) in [4.78, 5) is 8.38. The molecule has 1 saturated carbocycles. The molecule has 2 atom stereocenters. The van der Waals surface area contributed by atoms with Crippen LogP contribution in [0.15, 0.2) is 30.6 Å². The molecule has 2 aromatic heterocycles. The van der Waals surface area contributed by atoms with Crippen molar-refractivity contribution < 1.29 is 27.4 Å². The number of anilines is 1. The molecule has 0 aliphatic heterocycles. The van der Waals surface area contributed by atoms with Gasteiger partial charge in [0.2, 0.25) is 27.7 Å². The summed E-state index contributed by atoms with van der Waals surface area (Å²) in [5, 5.41) is 7.65. The minimum atomic E-state index is -3.98. The molecule has 13 heteroatoms. The third-order valence-electron chi connectivity index (χ3n) is 6.91. The van der Waals surface area contributed by atoms with Crippen LogP contribution in [0.2, 0.25) is 0 Å². The third-order valence-corrected chi connectivity index (χ3v) is 8.62. The molecule has 1 aliphatic carbocycles. The molecule has 0 saturated heterocycles. The zero-order valence-electron chi connectivity index (χ0n) is 22.6. The Kier molecular flexibility index (Phi) is 7.79. The molecule has 12 nitrogen and oxygen atoms in total. The zero-order valence-corrected chi connectivity index (χ0v) is 23.4. The Labute approximate surface area is 222 Å². The Morgan fingerprint density at radius 2 is 1.68 bits per heavy atom. The highest BCUT2D eigenvalue weighted by Gasteiger charge is 2.45. The molecule has 1 fully saturated rings. The smallest absolute Gasteiger partial charge is 0.245 e. The van der Waals surface area contributed by atoms with Crippen LogP contribution in [0.5, 0.6) is 17.5 Å². The van der Waals surface area contributed by atoms with Crippen LogP contribution in [0.4, 0.5) is 5.95 Å². The Balaban J connectivity index is 1.81. The summed E-state index contributed by atoms with van der Waals surface area (Å²) >= 11 is 0. The summed E-state index contributed by atoms with van der Waals surface area (Å²) in [6.07, 6.45) is 2.57. The predicted molar refractivity (Wildman–Crippen MR) is 141 cm³/mol. The van der Waals surface area contributed by atoms with Crippen molar-refractivity contribution in [2.45, 2.75) is 45.0 Å². The summed E-state index contributed by atoms with van der Waals surface area (Å²) < 4.78 is 53.4. The van der Waals surface area contributed by atoms with Gasteiger partial charge in [0.15, 0.2) is 11.5 Å². The molecule has 38 heavy (non-hydrogen) atoms. The van der Waals surface area contributed by atoms with E-state index in [4.69, 9.17) is 18.9 Å². The largest absolute Gasteiger partial charge is 0.497 e. The van der Waals surface area contributed by atoms with E-state index in [9.17, 15) is 8.42 Å². The number of hydrogen-bond acceptors (Lipinski definition) is 10. The van der Waals surface area contributed by atoms with Crippen molar-refractivity contribution in [2.75, 3.05) is 33.2 Å². The Morgan fingerprint density at radius 3 is 2.24 bits per heavy atom. The molecule has 0 radical (unpaired) electrons. The lowest BCUT2D eigenvalue weighted by atomic mass is 9.62. The number of rotatable bonds is 11. The number of aromatic nitrogens is 5. The highest BCUT2D eigenvalue weighted by Crippen LogP contribution is 2.48. The first kappa shape index (κ1) is 27.6. The molecule has 206 valence electrons. The SMILES string of the molecule is COc1cccc(-c2nnc(NS(=O)(=O)[C@H](C)[C@H](OC)C3CC(C)(C)C3)n2-c2c(OC)ncnc2OC)c1. The van der Waals surface area contributed by atoms with Crippen LogP contribution in [-0.4, -0.2) is 72.9 Å². The minimum Gasteiger partial charge on any atom is -0.497 e. The Bertz CT molecular complexity index is 1360. The van der Waals surface area contributed by atoms with Crippen LogP contribution in [-0.2, 0) is 14.8 Å². The molecule has 1 aromatic carbocycles. The first-order valence-corrected chi connectivity index (χ1v) is 13.7. The van der Waals surface area contributed by atoms with E-state index in [1.165, 1.54) is 25.1 Å². The molecule has 0 amide bonds. The molecule has 1 aliphatic rings. The second-order valence-electron chi connectivity index (χ2n) is 10.0. The molecule has 0 bridgehead atoms. The van der Waals surface area contributed by atoms with Crippen molar-refractivity contribution in [2.24, 2.45) is 11.3 Å². The van der Waals surface area contributed by atoms with Gasteiger partial charge in [-0.25, -0.2) is 8.42 Å². The summed E-state index contributed by atoms with van der Waals surface area (Å²) in [5.41, 5.74) is 1.01. The first-order valence-electron chi connectivity index (χ1n) is 12.1. The molecule has 2 heterocycles. The van der Waals surface area contributed by atoms with Crippen LogP contribution >= 0.6 is 0 Å². The Hall–Kier alpha value is -3.45. The fourth-order valence-corrected chi connectivity index (χ4v) is 6.36. The second-order valence-corrected chi connectivity index (χ2v) is 12.1. The lowest BCUT2D eigenvalue weighted by Crippen LogP contribution is -2.48. The van der Waals surface area contributed by atoms with E-state index in [1.54, 1.807) is 45.4 Å². The molecule has 1 N–H and O–H groups in total. The molecule has 4 rings (SSSR count). The lowest BCUT2D eigenvalue weighted by molar-refractivity contribution is -0.0367. The van der Waals surface area contributed by atoms with E-state index >= 15 is 0 Å². The fourth-order valence-electron chi connectivity index (χ4n) is 5.11. The third kappa shape index (κ3) is 5.25. The fraction of sp³-hybridized carbons (Fsp3) is 0.520. The van der Waals surface area contributed by atoms with E-state index < -0.39 is 21.4 Å². The zero-order chi connectivity index (χ0) is 27.7. The topological polar surface area (TPSA) is 140 Å². The van der Waals surface area contributed by atoms with Crippen molar-refractivity contribution in [3.63, 3.8) is 0 Å². The van der Waals surface area contributed by atoms with Crippen LogP contribution in [0.25, 0.3) is 17.1 Å². The first-order chi connectivity index (χ1) is 18.0. The highest BCUT2D eigenvalue weighted by molar-refractivity contribution is 7.93. The van der Waals surface area contributed by atoms with Gasteiger partial charge in [-0.15, -0.1) is 10.2 Å². The van der Waals surface area contributed by atoms with E-state index in [0.29, 0.717) is 17.1 Å². The number of benzene rings is 1. The quantitative estimate of drug-likeness (QED) is 0.381. The molecule has 0 unspecified atom stereocenters. The number of nitrogens with one attached hydrogen (secondary N) is 1. The summed E-state index contributed by atoms with van der Waals surface area (Å²) in [5.74, 6) is 1.22. The van der Waals surface area contributed by atoms with Crippen LogP contribution < -0.4 is 18.9 Å². The maximum absolute atomic E-state index is 13.7. The van der Waals surface area contributed by atoms with E-state index in [1.807, 2.05) is 0 Å². The maximum Gasteiger partial charge on any atom is 0.245 e. The normalized spacial score (nSPS) is 16.8. The number of nitrogens with zero attached hydrogens (tertiary/aromatic N) is 5. The van der Waals surface area contributed by atoms with E-state index in [2.05, 4.69) is 38.7 Å². The summed E-state index contributed by atoms with van der Waals surface area (Å²) in [6, 6.07) is 7.13. The summed E-state index contributed by atoms with van der Waals surface area (Å²) in [6.45, 7) is 5.97. The molecular weight excluding hydrogens is 512 g/mol. The Morgan fingerprint density at radius 1 is 1.03 bits per heavy atom. The van der Waals surface area contributed by atoms with E-state index in [-0.39, 0.29) is 34.7 Å². The number of sulfonamides is 1. The van der Waals surface area contributed by atoms with Crippen LogP contribution in [0.1, 0.15) is 33.6 Å². The molecule has 3 aromatic rings. The van der Waals surface area contributed by atoms with Gasteiger partial charge in [-0.05, 0) is 43.2 Å². The predicted octanol–water partition coefficient (Wildman–Crippen LogP) is 3.33. The molecule has 0 spiro atoms. The van der Waals surface area contributed by atoms with Crippen molar-refractivity contribution in [3.8, 4) is 34.6 Å². The average Bonchev–Trinajstić information content (AvgIpc) is 3.29. The second kappa shape index (κ2) is 10.7.